The molecule has 5 heteroatoms. The van der Waals surface area contributed by atoms with E-state index in [-0.39, 0.29) is 17.5 Å². The number of halogens is 1. The number of hydrogen-bond acceptors (Lipinski definition) is 2. The normalized spacial score (nSPS) is 18.0. The molecule has 3 rings (SSSR count). The molecule has 1 aromatic carbocycles. The average Bonchev–Trinajstić information content (AvgIpc) is 2.97. The Morgan fingerprint density at radius 1 is 1.29 bits per heavy atom. The lowest BCUT2D eigenvalue weighted by Gasteiger charge is -2.25. The third-order valence-corrected chi connectivity index (χ3v) is 4.01. The predicted molar refractivity (Wildman–Crippen MR) is 81.5 cm³/mol. The second-order valence-electron chi connectivity index (χ2n) is 5.15. The largest absolute Gasteiger partial charge is 0.332 e. The van der Waals surface area contributed by atoms with E-state index in [1.165, 1.54) is 12.3 Å². The molecule has 2 aromatic rings. The van der Waals surface area contributed by atoms with Gasteiger partial charge in [-0.3, -0.25) is 9.59 Å². The molecule has 1 aliphatic heterocycles. The second-order valence-corrected chi connectivity index (χ2v) is 5.59. The lowest BCUT2D eigenvalue weighted by Crippen LogP contribution is -2.31. The first-order valence-corrected chi connectivity index (χ1v) is 7.28. The summed E-state index contributed by atoms with van der Waals surface area (Å²) in [7, 11) is 0. The fraction of sp³-hybridized carbons (Fsp3) is 0.250. The molecule has 0 aliphatic carbocycles. The van der Waals surface area contributed by atoms with Crippen LogP contribution in [0, 0.1) is 0 Å². The van der Waals surface area contributed by atoms with Gasteiger partial charge >= 0.3 is 0 Å². The maximum Gasteiger partial charge on any atom is 0.255 e. The fourth-order valence-electron chi connectivity index (χ4n) is 2.78. The van der Waals surface area contributed by atoms with Crippen molar-refractivity contribution >= 4 is 17.5 Å². The number of nitrogens with zero attached hydrogens (tertiary/aromatic N) is 1. The molecule has 1 saturated heterocycles. The molecule has 0 saturated carbocycles. The first-order chi connectivity index (χ1) is 10.1. The quantitative estimate of drug-likeness (QED) is 0.927. The summed E-state index contributed by atoms with van der Waals surface area (Å²) < 4.78 is 0. The molecule has 1 unspecified atom stereocenters. The summed E-state index contributed by atoms with van der Waals surface area (Å²) in [6, 6.07) is 10.6. The standard InChI is InChI=1S/C16H15ClN2O2/c17-13-4-1-3-11(9-13)14-5-2-8-19(14)16(21)12-6-7-15(20)18-10-12/h1,3-4,6-7,9-10,14H,2,5,8H2,(H,18,20). The van der Waals surface area contributed by atoms with E-state index >= 15 is 0 Å². The van der Waals surface area contributed by atoms with Gasteiger partial charge in [0.2, 0.25) is 5.56 Å². The Labute approximate surface area is 127 Å². The van der Waals surface area contributed by atoms with Gasteiger partial charge < -0.3 is 9.88 Å². The van der Waals surface area contributed by atoms with Crippen LogP contribution in [0.1, 0.15) is 34.8 Å². The number of aromatic amines is 1. The van der Waals surface area contributed by atoms with Gasteiger partial charge in [0.25, 0.3) is 5.91 Å². The number of pyridine rings is 1. The van der Waals surface area contributed by atoms with Crippen LogP contribution in [-0.4, -0.2) is 22.3 Å². The van der Waals surface area contributed by atoms with E-state index in [0.29, 0.717) is 10.6 Å². The highest BCUT2D eigenvalue weighted by molar-refractivity contribution is 6.30. The van der Waals surface area contributed by atoms with Crippen LogP contribution in [0.15, 0.2) is 47.4 Å². The number of aromatic nitrogens is 1. The molecule has 1 amide bonds. The zero-order valence-corrected chi connectivity index (χ0v) is 12.1. The van der Waals surface area contributed by atoms with Crippen molar-refractivity contribution in [3.05, 3.63) is 69.1 Å². The smallest absolute Gasteiger partial charge is 0.255 e. The SMILES string of the molecule is O=C(c1ccc(=O)[nH]c1)N1CCCC1c1cccc(Cl)c1. The highest BCUT2D eigenvalue weighted by atomic mass is 35.5. The number of H-pyrrole nitrogens is 1. The molecule has 4 nitrogen and oxygen atoms in total. The summed E-state index contributed by atoms with van der Waals surface area (Å²) >= 11 is 6.04. The Morgan fingerprint density at radius 3 is 2.86 bits per heavy atom. The summed E-state index contributed by atoms with van der Waals surface area (Å²) in [5, 5.41) is 0.677. The molecule has 1 aliphatic rings. The van der Waals surface area contributed by atoms with Crippen molar-refractivity contribution in [1.82, 2.24) is 9.88 Å². The number of nitrogens with one attached hydrogen (secondary N) is 1. The van der Waals surface area contributed by atoms with Crippen LogP contribution < -0.4 is 5.56 Å². The van der Waals surface area contributed by atoms with E-state index in [1.54, 1.807) is 6.07 Å². The van der Waals surface area contributed by atoms with Crippen LogP contribution in [0.2, 0.25) is 5.02 Å². The Balaban J connectivity index is 1.88. The van der Waals surface area contributed by atoms with Gasteiger partial charge in [-0.2, -0.15) is 0 Å². The highest BCUT2D eigenvalue weighted by Crippen LogP contribution is 2.33. The minimum atomic E-state index is -0.209. The lowest BCUT2D eigenvalue weighted by atomic mass is 10.0. The minimum Gasteiger partial charge on any atom is -0.332 e. The molecular formula is C16H15ClN2O2. The van der Waals surface area contributed by atoms with Crippen molar-refractivity contribution in [2.24, 2.45) is 0 Å². The zero-order valence-electron chi connectivity index (χ0n) is 11.4. The topological polar surface area (TPSA) is 53.2 Å². The summed E-state index contributed by atoms with van der Waals surface area (Å²) in [5.74, 6) is -0.0614. The van der Waals surface area contributed by atoms with Gasteiger partial charge in [-0.05, 0) is 36.6 Å². The molecule has 108 valence electrons. The number of amides is 1. The Bertz CT molecular complexity index is 706. The average molecular weight is 303 g/mol. The predicted octanol–water partition coefficient (Wildman–Crippen LogP) is 3.01. The monoisotopic (exact) mass is 302 g/mol. The molecule has 1 atom stereocenters. The maximum absolute atomic E-state index is 12.6. The van der Waals surface area contributed by atoms with E-state index in [2.05, 4.69) is 4.98 Å². The molecular weight excluding hydrogens is 288 g/mol. The van der Waals surface area contributed by atoms with Crippen LogP contribution in [-0.2, 0) is 0 Å². The van der Waals surface area contributed by atoms with E-state index in [9.17, 15) is 9.59 Å². The fourth-order valence-corrected chi connectivity index (χ4v) is 2.98. The molecule has 1 N–H and O–H groups in total. The van der Waals surface area contributed by atoms with Crippen molar-refractivity contribution in [3.63, 3.8) is 0 Å². The third-order valence-electron chi connectivity index (χ3n) is 3.78. The zero-order chi connectivity index (χ0) is 14.8. The Kier molecular flexibility index (Phi) is 3.80. The lowest BCUT2D eigenvalue weighted by molar-refractivity contribution is 0.0735. The summed E-state index contributed by atoms with van der Waals surface area (Å²) in [6.07, 6.45) is 3.36. The Morgan fingerprint density at radius 2 is 2.14 bits per heavy atom. The van der Waals surface area contributed by atoms with Crippen LogP contribution in [0.25, 0.3) is 0 Å². The number of carbonyl (C=O) groups is 1. The first-order valence-electron chi connectivity index (χ1n) is 6.90. The molecule has 0 radical (unpaired) electrons. The molecule has 0 spiro atoms. The minimum absolute atomic E-state index is 0.0446. The van der Waals surface area contributed by atoms with Gasteiger partial charge in [-0.25, -0.2) is 0 Å². The number of hydrogen-bond donors (Lipinski definition) is 1. The number of rotatable bonds is 2. The van der Waals surface area contributed by atoms with Gasteiger partial charge in [-0.1, -0.05) is 23.7 Å². The summed E-state index contributed by atoms with van der Waals surface area (Å²) in [4.78, 5) is 28.1. The van der Waals surface area contributed by atoms with Crippen LogP contribution in [0.4, 0.5) is 0 Å². The summed E-state index contributed by atoms with van der Waals surface area (Å²) in [6.45, 7) is 0.717. The highest BCUT2D eigenvalue weighted by Gasteiger charge is 2.30. The van der Waals surface area contributed by atoms with Crippen molar-refractivity contribution in [3.8, 4) is 0 Å². The number of benzene rings is 1. The molecule has 2 heterocycles. The van der Waals surface area contributed by atoms with Crippen LogP contribution in [0.5, 0.6) is 0 Å². The first kappa shape index (κ1) is 13.9. The molecule has 0 bridgehead atoms. The van der Waals surface area contributed by atoms with E-state index < -0.39 is 0 Å². The molecule has 21 heavy (non-hydrogen) atoms. The van der Waals surface area contributed by atoms with Gasteiger partial charge in [0.15, 0.2) is 0 Å². The van der Waals surface area contributed by atoms with Crippen molar-refractivity contribution in [2.45, 2.75) is 18.9 Å². The van der Waals surface area contributed by atoms with Gasteiger partial charge in [0.1, 0.15) is 0 Å². The van der Waals surface area contributed by atoms with Gasteiger partial charge in [0.05, 0.1) is 11.6 Å². The van der Waals surface area contributed by atoms with Crippen LogP contribution >= 0.6 is 11.6 Å². The van der Waals surface area contributed by atoms with Gasteiger partial charge in [0, 0.05) is 23.8 Å². The number of likely N-dealkylation sites (tertiary alicyclic amines) is 1. The van der Waals surface area contributed by atoms with E-state index in [1.807, 2.05) is 29.2 Å². The number of carbonyl (C=O) groups excluding carboxylic acids is 1. The maximum atomic E-state index is 12.6. The second kappa shape index (κ2) is 5.74. The van der Waals surface area contributed by atoms with Gasteiger partial charge in [-0.15, -0.1) is 0 Å². The third kappa shape index (κ3) is 2.85. The summed E-state index contributed by atoms with van der Waals surface area (Å²) in [5.41, 5.74) is 1.35. The molecule has 1 fully saturated rings. The Hall–Kier alpha value is -2.07. The molecule has 1 aromatic heterocycles. The van der Waals surface area contributed by atoms with Crippen LogP contribution in [0.3, 0.4) is 0 Å². The van der Waals surface area contributed by atoms with E-state index in [4.69, 9.17) is 11.6 Å². The van der Waals surface area contributed by atoms with Crippen molar-refractivity contribution < 1.29 is 4.79 Å². The van der Waals surface area contributed by atoms with Crippen molar-refractivity contribution in [1.29, 1.82) is 0 Å². The van der Waals surface area contributed by atoms with E-state index in [0.717, 1.165) is 24.9 Å². The van der Waals surface area contributed by atoms with Crippen molar-refractivity contribution in [2.75, 3.05) is 6.54 Å².